The van der Waals surface area contributed by atoms with Crippen molar-refractivity contribution in [1.82, 2.24) is 0 Å². The zero-order valence-corrected chi connectivity index (χ0v) is 10.4. The lowest BCUT2D eigenvalue weighted by Crippen LogP contribution is -2.19. The van der Waals surface area contributed by atoms with Crippen molar-refractivity contribution >= 4 is 11.8 Å². The molecule has 0 saturated carbocycles. The van der Waals surface area contributed by atoms with E-state index in [0.717, 1.165) is 5.75 Å². The van der Waals surface area contributed by atoms with E-state index in [1.54, 1.807) is 0 Å². The van der Waals surface area contributed by atoms with Crippen molar-refractivity contribution in [2.24, 2.45) is 5.73 Å². The second-order valence-electron chi connectivity index (χ2n) is 4.39. The molecule has 17 heavy (non-hydrogen) atoms. The molecule has 2 aromatic carbocycles. The molecule has 2 heteroatoms. The number of hydrogen-bond acceptors (Lipinski definition) is 2. The lowest BCUT2D eigenvalue weighted by molar-refractivity contribution is 0.607. The van der Waals surface area contributed by atoms with Gasteiger partial charge in [0.1, 0.15) is 0 Å². The molecule has 2 aromatic rings. The molecule has 0 radical (unpaired) electrons. The molecule has 2 N–H and O–H groups in total. The quantitative estimate of drug-likeness (QED) is 0.869. The molecule has 0 aliphatic carbocycles. The smallest absolute Gasteiger partial charge is 0.0373 e. The predicted molar refractivity (Wildman–Crippen MR) is 73.3 cm³/mol. The maximum atomic E-state index is 6.40. The van der Waals surface area contributed by atoms with E-state index in [9.17, 15) is 0 Å². The van der Waals surface area contributed by atoms with Gasteiger partial charge in [0.15, 0.2) is 0 Å². The van der Waals surface area contributed by atoms with Crippen LogP contribution < -0.4 is 5.73 Å². The summed E-state index contributed by atoms with van der Waals surface area (Å²) in [4.78, 5) is 1.39. The zero-order valence-electron chi connectivity index (χ0n) is 9.54. The standard InChI is InChI=1S/C15H15NS/c16-15(11-6-2-1-3-7-11)13-10-17-14-9-5-4-8-12(13)14/h1-9,13,15H,10,16H2. The average molecular weight is 241 g/mol. The van der Waals surface area contributed by atoms with Crippen molar-refractivity contribution in [1.29, 1.82) is 0 Å². The highest BCUT2D eigenvalue weighted by Crippen LogP contribution is 2.44. The summed E-state index contributed by atoms with van der Waals surface area (Å²) in [5.41, 5.74) is 9.04. The first-order valence-electron chi connectivity index (χ1n) is 5.88. The molecular weight excluding hydrogens is 226 g/mol. The molecule has 3 rings (SSSR count). The molecule has 1 aliphatic heterocycles. The second-order valence-corrected chi connectivity index (χ2v) is 5.45. The Labute approximate surface area is 106 Å². The van der Waals surface area contributed by atoms with Crippen molar-refractivity contribution < 1.29 is 0 Å². The fraction of sp³-hybridized carbons (Fsp3) is 0.200. The van der Waals surface area contributed by atoms with E-state index in [1.807, 2.05) is 17.8 Å². The minimum Gasteiger partial charge on any atom is -0.323 e. The van der Waals surface area contributed by atoms with Crippen molar-refractivity contribution in [2.45, 2.75) is 16.9 Å². The Balaban J connectivity index is 1.92. The molecule has 1 heterocycles. The topological polar surface area (TPSA) is 26.0 Å². The first-order chi connectivity index (χ1) is 8.36. The van der Waals surface area contributed by atoms with E-state index in [4.69, 9.17) is 5.73 Å². The van der Waals surface area contributed by atoms with E-state index in [0.29, 0.717) is 5.92 Å². The Bertz CT molecular complexity index is 509. The van der Waals surface area contributed by atoms with Gasteiger partial charge in [-0.25, -0.2) is 0 Å². The van der Waals surface area contributed by atoms with E-state index in [2.05, 4.69) is 48.5 Å². The average Bonchev–Trinajstić information content (AvgIpc) is 2.83. The van der Waals surface area contributed by atoms with Crippen LogP contribution in [0.25, 0.3) is 0 Å². The Morgan fingerprint density at radius 3 is 2.53 bits per heavy atom. The van der Waals surface area contributed by atoms with Gasteiger partial charge in [-0.2, -0.15) is 0 Å². The van der Waals surface area contributed by atoms with Gasteiger partial charge in [0.2, 0.25) is 0 Å². The van der Waals surface area contributed by atoms with Crippen LogP contribution in [0.4, 0.5) is 0 Å². The molecule has 1 aliphatic rings. The molecule has 1 nitrogen and oxygen atoms in total. The molecular formula is C15H15NS. The minimum atomic E-state index is 0.104. The highest BCUT2D eigenvalue weighted by Gasteiger charge is 2.28. The maximum absolute atomic E-state index is 6.40. The van der Waals surface area contributed by atoms with Crippen LogP contribution in [0.5, 0.6) is 0 Å². The Morgan fingerprint density at radius 2 is 1.71 bits per heavy atom. The fourth-order valence-corrected chi connectivity index (χ4v) is 3.70. The van der Waals surface area contributed by atoms with Crippen LogP contribution in [0.2, 0.25) is 0 Å². The molecule has 0 spiro atoms. The molecule has 0 fully saturated rings. The van der Waals surface area contributed by atoms with Crippen molar-refractivity contribution in [2.75, 3.05) is 5.75 Å². The van der Waals surface area contributed by atoms with E-state index in [1.165, 1.54) is 16.0 Å². The van der Waals surface area contributed by atoms with Gasteiger partial charge < -0.3 is 5.73 Å². The van der Waals surface area contributed by atoms with E-state index >= 15 is 0 Å². The number of hydrogen-bond donors (Lipinski definition) is 1. The monoisotopic (exact) mass is 241 g/mol. The number of rotatable bonds is 2. The van der Waals surface area contributed by atoms with E-state index < -0.39 is 0 Å². The first kappa shape index (κ1) is 10.9. The van der Waals surface area contributed by atoms with Crippen LogP contribution in [0, 0.1) is 0 Å². The minimum absolute atomic E-state index is 0.104. The fourth-order valence-electron chi connectivity index (χ4n) is 2.39. The summed E-state index contributed by atoms with van der Waals surface area (Å²) < 4.78 is 0. The SMILES string of the molecule is NC(c1ccccc1)C1CSc2ccccc21. The van der Waals surface area contributed by atoms with Crippen LogP contribution in [-0.4, -0.2) is 5.75 Å². The summed E-state index contributed by atoms with van der Waals surface area (Å²) in [6.45, 7) is 0. The summed E-state index contributed by atoms with van der Waals surface area (Å²) in [7, 11) is 0. The summed E-state index contributed by atoms with van der Waals surface area (Å²) in [5.74, 6) is 1.54. The summed E-state index contributed by atoms with van der Waals surface area (Å²) >= 11 is 1.92. The van der Waals surface area contributed by atoms with Crippen LogP contribution in [0.15, 0.2) is 59.5 Å². The maximum Gasteiger partial charge on any atom is 0.0373 e. The van der Waals surface area contributed by atoms with Crippen LogP contribution in [0.3, 0.4) is 0 Å². The highest BCUT2D eigenvalue weighted by molar-refractivity contribution is 7.99. The van der Waals surface area contributed by atoms with Gasteiger partial charge in [0.05, 0.1) is 0 Å². The van der Waals surface area contributed by atoms with Gasteiger partial charge in [-0.1, -0.05) is 48.5 Å². The number of thioether (sulfide) groups is 1. The summed E-state index contributed by atoms with van der Waals surface area (Å²) in [5, 5.41) is 0. The van der Waals surface area contributed by atoms with Crippen molar-refractivity contribution in [3.05, 3.63) is 65.7 Å². The molecule has 0 saturated heterocycles. The van der Waals surface area contributed by atoms with Gasteiger partial charge in [-0.3, -0.25) is 0 Å². The number of benzene rings is 2. The third-order valence-corrected chi connectivity index (χ3v) is 4.56. The lowest BCUT2D eigenvalue weighted by Gasteiger charge is -2.20. The van der Waals surface area contributed by atoms with Crippen LogP contribution in [-0.2, 0) is 0 Å². The Morgan fingerprint density at radius 1 is 1.00 bits per heavy atom. The van der Waals surface area contributed by atoms with Crippen molar-refractivity contribution in [3.8, 4) is 0 Å². The third-order valence-electron chi connectivity index (χ3n) is 3.35. The molecule has 0 aromatic heterocycles. The molecule has 2 atom stereocenters. The largest absolute Gasteiger partial charge is 0.323 e. The van der Waals surface area contributed by atoms with Crippen molar-refractivity contribution in [3.63, 3.8) is 0 Å². The molecule has 2 unspecified atom stereocenters. The molecule has 86 valence electrons. The van der Waals surface area contributed by atoms with Crippen LogP contribution >= 0.6 is 11.8 Å². The number of nitrogens with two attached hydrogens (primary N) is 1. The van der Waals surface area contributed by atoms with E-state index in [-0.39, 0.29) is 6.04 Å². The Kier molecular flexibility index (Phi) is 2.91. The first-order valence-corrected chi connectivity index (χ1v) is 6.87. The van der Waals surface area contributed by atoms with Gasteiger partial charge in [0.25, 0.3) is 0 Å². The normalized spacial score (nSPS) is 19.9. The Hall–Kier alpha value is -1.25. The summed E-state index contributed by atoms with van der Waals surface area (Å²) in [6, 6.07) is 19.1. The highest BCUT2D eigenvalue weighted by atomic mass is 32.2. The second kappa shape index (κ2) is 4.55. The molecule has 0 bridgehead atoms. The van der Waals surface area contributed by atoms with Gasteiger partial charge in [-0.05, 0) is 17.2 Å². The molecule has 0 amide bonds. The van der Waals surface area contributed by atoms with Crippen LogP contribution in [0.1, 0.15) is 23.1 Å². The van der Waals surface area contributed by atoms with Gasteiger partial charge in [0, 0.05) is 22.6 Å². The number of fused-ring (bicyclic) bond motifs is 1. The predicted octanol–water partition coefficient (Wildman–Crippen LogP) is 3.58. The third kappa shape index (κ3) is 1.99. The lowest BCUT2D eigenvalue weighted by atomic mass is 9.89. The van der Waals surface area contributed by atoms with Gasteiger partial charge >= 0.3 is 0 Å². The van der Waals surface area contributed by atoms with Gasteiger partial charge in [-0.15, -0.1) is 11.8 Å². The zero-order chi connectivity index (χ0) is 11.7. The summed E-state index contributed by atoms with van der Waals surface area (Å²) in [6.07, 6.45) is 0.